The lowest BCUT2D eigenvalue weighted by Gasteiger charge is -2.09. The fourth-order valence-corrected chi connectivity index (χ4v) is 3.18. The summed E-state index contributed by atoms with van der Waals surface area (Å²) in [6.45, 7) is 0. The van der Waals surface area contributed by atoms with Crippen LogP contribution in [0.5, 0.6) is 0 Å². The van der Waals surface area contributed by atoms with E-state index < -0.39 is 0 Å². The van der Waals surface area contributed by atoms with Crippen LogP contribution < -0.4 is 10.6 Å². The summed E-state index contributed by atoms with van der Waals surface area (Å²) >= 11 is 11.9. The number of hydrogen-bond donors (Lipinski definition) is 2. The van der Waals surface area contributed by atoms with E-state index in [0.29, 0.717) is 39.8 Å². The van der Waals surface area contributed by atoms with Gasteiger partial charge in [0.15, 0.2) is 0 Å². The lowest BCUT2D eigenvalue weighted by molar-refractivity contribution is -0.116. The second kappa shape index (κ2) is 9.40. The third-order valence-electron chi connectivity index (χ3n) is 4.03. The number of halogens is 2. The Labute approximate surface area is 173 Å². The van der Waals surface area contributed by atoms with Crippen LogP contribution in [0.15, 0.2) is 72.8 Å². The van der Waals surface area contributed by atoms with Crippen LogP contribution in [0.4, 0.5) is 11.4 Å². The molecule has 0 fully saturated rings. The van der Waals surface area contributed by atoms with E-state index in [4.69, 9.17) is 23.2 Å². The molecule has 3 rings (SSSR count). The van der Waals surface area contributed by atoms with Gasteiger partial charge in [0.1, 0.15) is 0 Å². The molecule has 0 saturated carbocycles. The van der Waals surface area contributed by atoms with E-state index >= 15 is 0 Å². The molecule has 28 heavy (non-hydrogen) atoms. The van der Waals surface area contributed by atoms with E-state index in [1.165, 1.54) is 0 Å². The highest BCUT2D eigenvalue weighted by Crippen LogP contribution is 2.21. The molecule has 6 heteroatoms. The number of aryl methyl sites for hydroxylation is 1. The molecule has 0 radical (unpaired) electrons. The maximum atomic E-state index is 12.3. The number of nitrogens with one attached hydrogen (secondary N) is 2. The molecule has 2 N–H and O–H groups in total. The van der Waals surface area contributed by atoms with Crippen molar-refractivity contribution in [1.82, 2.24) is 0 Å². The third-order valence-corrected chi connectivity index (χ3v) is 4.47. The monoisotopic (exact) mass is 412 g/mol. The maximum Gasteiger partial charge on any atom is 0.255 e. The molecule has 0 aliphatic heterocycles. The normalized spacial score (nSPS) is 10.4. The Morgan fingerprint density at radius 3 is 1.93 bits per heavy atom. The van der Waals surface area contributed by atoms with Crippen LogP contribution in [0, 0.1) is 0 Å². The molecule has 3 aromatic carbocycles. The van der Waals surface area contributed by atoms with Crippen molar-refractivity contribution in [1.29, 1.82) is 0 Å². The zero-order valence-electron chi connectivity index (χ0n) is 14.9. The average molecular weight is 413 g/mol. The molecule has 0 unspecified atom stereocenters. The van der Waals surface area contributed by atoms with Crippen molar-refractivity contribution in [3.63, 3.8) is 0 Å². The summed E-state index contributed by atoms with van der Waals surface area (Å²) in [6, 6.07) is 21.4. The molecule has 0 heterocycles. The summed E-state index contributed by atoms with van der Waals surface area (Å²) in [5.74, 6) is -0.377. The van der Waals surface area contributed by atoms with Crippen molar-refractivity contribution in [2.24, 2.45) is 0 Å². The highest BCUT2D eigenvalue weighted by molar-refractivity contribution is 6.35. The Morgan fingerprint density at radius 2 is 1.32 bits per heavy atom. The van der Waals surface area contributed by atoms with Gasteiger partial charge >= 0.3 is 0 Å². The molecule has 0 spiro atoms. The first-order valence-electron chi connectivity index (χ1n) is 8.71. The lowest BCUT2D eigenvalue weighted by Crippen LogP contribution is -2.13. The maximum absolute atomic E-state index is 12.3. The first-order valence-corrected chi connectivity index (χ1v) is 9.46. The average Bonchev–Trinajstić information content (AvgIpc) is 2.68. The van der Waals surface area contributed by atoms with Crippen LogP contribution in [0.3, 0.4) is 0 Å². The Hall–Kier alpha value is -2.82. The molecule has 2 amide bonds. The second-order valence-electron chi connectivity index (χ2n) is 6.22. The number of rotatable bonds is 6. The Bertz CT molecular complexity index is 953. The summed E-state index contributed by atoms with van der Waals surface area (Å²) in [7, 11) is 0. The van der Waals surface area contributed by atoms with Crippen molar-refractivity contribution >= 4 is 46.4 Å². The standard InChI is InChI=1S/C22H18Cl2N2O2/c23-17-12-16(13-18(24)14-17)22(28)26-20-9-7-19(8-10-20)25-21(27)11-6-15-4-2-1-3-5-15/h1-5,7-10,12-14H,6,11H2,(H,25,27)(H,26,28). The predicted molar refractivity (Wildman–Crippen MR) is 114 cm³/mol. The van der Waals surface area contributed by atoms with Gasteiger partial charge in [0.25, 0.3) is 5.91 Å². The summed E-state index contributed by atoms with van der Waals surface area (Å²) in [5, 5.41) is 6.41. The molecule has 3 aromatic rings. The molecule has 4 nitrogen and oxygen atoms in total. The van der Waals surface area contributed by atoms with Crippen molar-refractivity contribution < 1.29 is 9.59 Å². The van der Waals surface area contributed by atoms with Crippen LogP contribution in [-0.2, 0) is 11.2 Å². The minimum atomic E-state index is -0.316. The molecule has 0 aromatic heterocycles. The summed E-state index contributed by atoms with van der Waals surface area (Å²) in [5.41, 5.74) is 2.76. The van der Waals surface area contributed by atoms with Crippen molar-refractivity contribution in [3.05, 3.63) is 94.0 Å². The van der Waals surface area contributed by atoms with E-state index in [0.717, 1.165) is 5.56 Å². The van der Waals surface area contributed by atoms with Crippen molar-refractivity contribution in [2.75, 3.05) is 10.6 Å². The van der Waals surface area contributed by atoms with Crippen LogP contribution in [0.25, 0.3) is 0 Å². The van der Waals surface area contributed by atoms with Crippen molar-refractivity contribution in [2.45, 2.75) is 12.8 Å². The Balaban J connectivity index is 1.54. The Morgan fingerprint density at radius 1 is 0.750 bits per heavy atom. The fraction of sp³-hybridized carbons (Fsp3) is 0.0909. The first kappa shape index (κ1) is 19.9. The molecular weight excluding hydrogens is 395 g/mol. The molecule has 0 aliphatic carbocycles. The molecular formula is C22H18Cl2N2O2. The highest BCUT2D eigenvalue weighted by atomic mass is 35.5. The zero-order chi connectivity index (χ0) is 19.9. The van der Waals surface area contributed by atoms with Gasteiger partial charge in [0.2, 0.25) is 5.91 Å². The Kier molecular flexibility index (Phi) is 6.69. The van der Waals surface area contributed by atoms with Gasteiger partial charge in [0, 0.05) is 33.4 Å². The number of carbonyl (C=O) groups is 2. The lowest BCUT2D eigenvalue weighted by atomic mass is 10.1. The van der Waals surface area contributed by atoms with Gasteiger partial charge < -0.3 is 10.6 Å². The van der Waals surface area contributed by atoms with E-state index in [2.05, 4.69) is 10.6 Å². The highest BCUT2D eigenvalue weighted by Gasteiger charge is 2.09. The van der Waals surface area contributed by atoms with Crippen molar-refractivity contribution in [3.8, 4) is 0 Å². The quantitative estimate of drug-likeness (QED) is 0.535. The molecule has 0 atom stereocenters. The second-order valence-corrected chi connectivity index (χ2v) is 7.10. The molecule has 0 saturated heterocycles. The summed E-state index contributed by atoms with van der Waals surface area (Å²) in [6.07, 6.45) is 1.08. The van der Waals surface area contributed by atoms with E-state index in [1.807, 2.05) is 30.3 Å². The van der Waals surface area contributed by atoms with Gasteiger partial charge in [-0.15, -0.1) is 0 Å². The summed E-state index contributed by atoms with van der Waals surface area (Å²) in [4.78, 5) is 24.4. The van der Waals surface area contributed by atoms with Crippen LogP contribution >= 0.6 is 23.2 Å². The van der Waals surface area contributed by atoms with Crippen LogP contribution in [-0.4, -0.2) is 11.8 Å². The van der Waals surface area contributed by atoms with E-state index in [1.54, 1.807) is 42.5 Å². The van der Waals surface area contributed by atoms with Gasteiger partial charge in [-0.1, -0.05) is 53.5 Å². The number of amides is 2. The van der Waals surface area contributed by atoms with Gasteiger partial charge in [-0.3, -0.25) is 9.59 Å². The van der Waals surface area contributed by atoms with Gasteiger partial charge in [-0.25, -0.2) is 0 Å². The predicted octanol–water partition coefficient (Wildman–Crippen LogP) is 5.82. The topological polar surface area (TPSA) is 58.2 Å². The van der Waals surface area contributed by atoms with Gasteiger partial charge in [0.05, 0.1) is 0 Å². The van der Waals surface area contributed by atoms with E-state index in [-0.39, 0.29) is 11.8 Å². The minimum absolute atomic E-state index is 0.0609. The zero-order valence-corrected chi connectivity index (χ0v) is 16.4. The van der Waals surface area contributed by atoms with Crippen LogP contribution in [0.2, 0.25) is 10.0 Å². The first-order chi connectivity index (χ1) is 13.5. The molecule has 0 aliphatic rings. The number of hydrogen-bond acceptors (Lipinski definition) is 2. The van der Waals surface area contributed by atoms with E-state index in [9.17, 15) is 9.59 Å². The third kappa shape index (κ3) is 5.84. The summed E-state index contributed by atoms with van der Waals surface area (Å²) < 4.78 is 0. The van der Waals surface area contributed by atoms with Gasteiger partial charge in [-0.2, -0.15) is 0 Å². The van der Waals surface area contributed by atoms with Gasteiger partial charge in [-0.05, 0) is 54.4 Å². The number of carbonyl (C=O) groups excluding carboxylic acids is 2. The van der Waals surface area contributed by atoms with Crippen LogP contribution in [0.1, 0.15) is 22.3 Å². The number of benzene rings is 3. The SMILES string of the molecule is O=C(CCc1ccccc1)Nc1ccc(NC(=O)c2cc(Cl)cc(Cl)c2)cc1. The molecule has 0 bridgehead atoms. The minimum Gasteiger partial charge on any atom is -0.326 e. The smallest absolute Gasteiger partial charge is 0.255 e. The molecule has 142 valence electrons. The largest absolute Gasteiger partial charge is 0.326 e. The fourth-order valence-electron chi connectivity index (χ4n) is 2.65. The number of anilines is 2.